The molecule has 2 unspecified atom stereocenters. The molecule has 2 atom stereocenters. The minimum absolute atomic E-state index is 0.0339. The van der Waals surface area contributed by atoms with Gasteiger partial charge in [-0.15, -0.1) is 0 Å². The molecule has 1 aliphatic carbocycles. The standard InChI is InChI=1S/C15H22Br2O/c1-11-5-6-12(16)15(4,17)13(18)8-10-14(2,3)9-7-11/h7-8,10,12H,5-6,9H2,1-4H3. The second-order valence-corrected chi connectivity index (χ2v) is 8.78. The first kappa shape index (κ1) is 16.2. The summed E-state index contributed by atoms with van der Waals surface area (Å²) in [6.45, 7) is 8.44. The minimum Gasteiger partial charge on any atom is -0.293 e. The summed E-state index contributed by atoms with van der Waals surface area (Å²) in [6, 6.07) is 0. The molecule has 0 aromatic heterocycles. The Morgan fingerprint density at radius 1 is 1.33 bits per heavy atom. The van der Waals surface area contributed by atoms with Crippen LogP contribution < -0.4 is 0 Å². The molecule has 1 rings (SSSR count). The molecule has 1 nitrogen and oxygen atoms in total. The van der Waals surface area contributed by atoms with Crippen LogP contribution in [0.15, 0.2) is 23.8 Å². The van der Waals surface area contributed by atoms with Crippen LogP contribution in [0.5, 0.6) is 0 Å². The lowest BCUT2D eigenvalue weighted by Crippen LogP contribution is -2.36. The molecule has 0 aromatic carbocycles. The van der Waals surface area contributed by atoms with Crippen molar-refractivity contribution in [1.82, 2.24) is 0 Å². The predicted octanol–water partition coefficient (Wildman–Crippen LogP) is 5.19. The van der Waals surface area contributed by atoms with Crippen LogP contribution in [0.25, 0.3) is 0 Å². The first-order valence-corrected chi connectivity index (χ1v) is 8.08. The number of carbonyl (C=O) groups is 1. The fourth-order valence-electron chi connectivity index (χ4n) is 1.85. The highest BCUT2D eigenvalue weighted by Crippen LogP contribution is 2.35. The number of carbonyl (C=O) groups excluding carboxylic acids is 1. The maximum absolute atomic E-state index is 12.3. The number of hydrogen-bond donors (Lipinski definition) is 0. The Morgan fingerprint density at radius 2 is 1.94 bits per heavy atom. The van der Waals surface area contributed by atoms with Crippen molar-refractivity contribution in [3.8, 4) is 0 Å². The molecule has 1 aliphatic rings. The van der Waals surface area contributed by atoms with Gasteiger partial charge in [-0.05, 0) is 44.6 Å². The molecule has 0 N–H and O–H groups in total. The lowest BCUT2D eigenvalue weighted by molar-refractivity contribution is -0.116. The molecule has 0 aromatic rings. The Labute approximate surface area is 127 Å². The zero-order valence-corrected chi connectivity index (χ0v) is 14.8. The van der Waals surface area contributed by atoms with Gasteiger partial charge in [-0.25, -0.2) is 0 Å². The van der Waals surface area contributed by atoms with Gasteiger partial charge in [0.25, 0.3) is 0 Å². The number of rotatable bonds is 0. The number of halogens is 2. The van der Waals surface area contributed by atoms with Gasteiger partial charge < -0.3 is 0 Å². The van der Waals surface area contributed by atoms with Crippen molar-refractivity contribution in [2.24, 2.45) is 5.41 Å². The molecule has 0 fully saturated rings. The average molecular weight is 378 g/mol. The van der Waals surface area contributed by atoms with Crippen molar-refractivity contribution < 1.29 is 4.79 Å². The second-order valence-electron chi connectivity index (χ2n) is 6.02. The molecule has 0 aliphatic heterocycles. The third-order valence-electron chi connectivity index (χ3n) is 3.52. The Morgan fingerprint density at radius 3 is 2.56 bits per heavy atom. The molecule has 3 heteroatoms. The Bertz CT molecular complexity index is 378. The SMILES string of the molecule is CC1=CCC(C)(C)C=CC(=O)C(C)(Br)C(Br)CC1. The lowest BCUT2D eigenvalue weighted by Gasteiger charge is -2.26. The van der Waals surface area contributed by atoms with Crippen LogP contribution in [-0.2, 0) is 4.79 Å². The van der Waals surface area contributed by atoms with Gasteiger partial charge >= 0.3 is 0 Å². The quantitative estimate of drug-likeness (QED) is 0.419. The van der Waals surface area contributed by atoms with Crippen molar-refractivity contribution in [3.63, 3.8) is 0 Å². The van der Waals surface area contributed by atoms with E-state index in [4.69, 9.17) is 0 Å². The monoisotopic (exact) mass is 376 g/mol. The zero-order valence-electron chi connectivity index (χ0n) is 11.6. The molecule has 102 valence electrons. The summed E-state index contributed by atoms with van der Waals surface area (Å²) < 4.78 is -0.524. The number of ketones is 1. The van der Waals surface area contributed by atoms with E-state index in [0.29, 0.717) is 0 Å². The van der Waals surface area contributed by atoms with Gasteiger partial charge in [0.1, 0.15) is 0 Å². The summed E-state index contributed by atoms with van der Waals surface area (Å²) in [5.41, 5.74) is 1.44. The average Bonchev–Trinajstić information content (AvgIpc) is 2.30. The van der Waals surface area contributed by atoms with E-state index in [-0.39, 0.29) is 16.0 Å². The fraction of sp³-hybridized carbons (Fsp3) is 0.667. The maximum atomic E-state index is 12.3. The Balaban J connectivity index is 3.05. The number of hydrogen-bond acceptors (Lipinski definition) is 1. The lowest BCUT2D eigenvalue weighted by atomic mass is 9.87. The highest BCUT2D eigenvalue weighted by atomic mass is 79.9. The first-order chi connectivity index (χ1) is 8.15. The predicted molar refractivity (Wildman–Crippen MR) is 85.6 cm³/mol. The van der Waals surface area contributed by atoms with Crippen molar-refractivity contribution in [2.45, 2.75) is 56.1 Å². The van der Waals surface area contributed by atoms with E-state index < -0.39 is 4.32 Å². The Hall–Kier alpha value is 0.110. The highest BCUT2D eigenvalue weighted by Gasteiger charge is 2.35. The molecule has 18 heavy (non-hydrogen) atoms. The van der Waals surface area contributed by atoms with E-state index in [1.165, 1.54) is 5.57 Å². The van der Waals surface area contributed by atoms with E-state index >= 15 is 0 Å². The van der Waals surface area contributed by atoms with E-state index in [1.54, 1.807) is 6.08 Å². The molecule has 0 heterocycles. The molecular weight excluding hydrogens is 356 g/mol. The van der Waals surface area contributed by atoms with Crippen molar-refractivity contribution in [2.75, 3.05) is 0 Å². The van der Waals surface area contributed by atoms with Gasteiger partial charge in [-0.1, -0.05) is 63.4 Å². The summed E-state index contributed by atoms with van der Waals surface area (Å²) in [5, 5.41) is 0. The summed E-state index contributed by atoms with van der Waals surface area (Å²) in [5.74, 6) is 0.136. The molecule has 0 amide bonds. The van der Waals surface area contributed by atoms with Crippen LogP contribution in [0.3, 0.4) is 0 Å². The number of alkyl halides is 2. The molecule has 0 spiro atoms. The highest BCUT2D eigenvalue weighted by molar-refractivity contribution is 9.12. The van der Waals surface area contributed by atoms with E-state index in [0.717, 1.165) is 19.3 Å². The van der Waals surface area contributed by atoms with Crippen LogP contribution in [0, 0.1) is 5.41 Å². The van der Waals surface area contributed by atoms with Crippen LogP contribution in [0.2, 0.25) is 0 Å². The van der Waals surface area contributed by atoms with E-state index in [9.17, 15) is 4.79 Å². The second kappa shape index (κ2) is 6.04. The third-order valence-corrected chi connectivity index (χ3v) is 6.46. The van der Waals surface area contributed by atoms with Gasteiger partial charge in [0.2, 0.25) is 0 Å². The van der Waals surface area contributed by atoms with Crippen molar-refractivity contribution in [3.05, 3.63) is 23.8 Å². The minimum atomic E-state index is -0.524. The normalized spacial score (nSPS) is 33.8. The molecule has 0 bridgehead atoms. The van der Waals surface area contributed by atoms with Gasteiger partial charge in [-0.2, -0.15) is 0 Å². The smallest absolute Gasteiger partial charge is 0.172 e. The van der Waals surface area contributed by atoms with Crippen molar-refractivity contribution in [1.29, 1.82) is 0 Å². The first-order valence-electron chi connectivity index (χ1n) is 6.37. The maximum Gasteiger partial charge on any atom is 0.172 e. The van der Waals surface area contributed by atoms with Crippen LogP contribution in [-0.4, -0.2) is 14.9 Å². The topological polar surface area (TPSA) is 17.1 Å². The molecule has 0 radical (unpaired) electrons. The molecular formula is C15H22Br2O. The number of allylic oxidation sites excluding steroid dienone is 4. The van der Waals surface area contributed by atoms with Gasteiger partial charge in [-0.3, -0.25) is 4.79 Å². The molecule has 0 saturated heterocycles. The summed E-state index contributed by atoms with van der Waals surface area (Å²) in [7, 11) is 0. The van der Waals surface area contributed by atoms with Crippen LogP contribution in [0.4, 0.5) is 0 Å². The Kier molecular flexibility index (Phi) is 5.43. The summed E-state index contributed by atoms with van der Waals surface area (Å²) in [6.07, 6.45) is 9.03. The zero-order chi connectivity index (χ0) is 14.0. The van der Waals surface area contributed by atoms with Gasteiger partial charge in [0.05, 0.1) is 4.32 Å². The van der Waals surface area contributed by atoms with Crippen LogP contribution in [0.1, 0.15) is 47.0 Å². The summed E-state index contributed by atoms with van der Waals surface area (Å²) >= 11 is 7.23. The van der Waals surface area contributed by atoms with Gasteiger partial charge in [0.15, 0.2) is 5.78 Å². The van der Waals surface area contributed by atoms with Crippen molar-refractivity contribution >= 4 is 37.6 Å². The molecule has 0 saturated carbocycles. The third kappa shape index (κ3) is 4.34. The fourth-order valence-corrected chi connectivity index (χ4v) is 2.67. The largest absolute Gasteiger partial charge is 0.293 e. The van der Waals surface area contributed by atoms with Crippen LogP contribution >= 0.6 is 31.9 Å². The van der Waals surface area contributed by atoms with E-state index in [1.807, 2.05) is 13.0 Å². The summed E-state index contributed by atoms with van der Waals surface area (Å²) in [4.78, 5) is 12.4. The van der Waals surface area contributed by atoms with Gasteiger partial charge in [0, 0.05) is 4.83 Å². The van der Waals surface area contributed by atoms with E-state index in [2.05, 4.69) is 58.7 Å².